The maximum absolute atomic E-state index is 12.1. The average Bonchev–Trinajstić information content (AvgIpc) is 3.42. The minimum atomic E-state index is -0.343. The molecular formula is C18H20N6O3. The molecule has 1 aliphatic rings. The average molecular weight is 368 g/mol. The molecule has 0 unspecified atom stereocenters. The SMILES string of the molecule is Cc1nccn1-c1ccc(NC(=O)NCc2noc([C@@H]3CCCO3)n2)cc1. The van der Waals surface area contributed by atoms with Crippen molar-refractivity contribution in [2.24, 2.45) is 0 Å². The van der Waals surface area contributed by atoms with Crippen LogP contribution in [0.25, 0.3) is 5.69 Å². The molecule has 0 bridgehead atoms. The van der Waals surface area contributed by atoms with Crippen molar-refractivity contribution >= 4 is 11.7 Å². The fourth-order valence-electron chi connectivity index (χ4n) is 2.93. The summed E-state index contributed by atoms with van der Waals surface area (Å²) in [6, 6.07) is 7.15. The summed E-state index contributed by atoms with van der Waals surface area (Å²) in [5.74, 6) is 1.78. The molecule has 1 aliphatic heterocycles. The van der Waals surface area contributed by atoms with Gasteiger partial charge in [0.15, 0.2) is 5.82 Å². The number of urea groups is 1. The van der Waals surface area contributed by atoms with E-state index < -0.39 is 0 Å². The lowest BCUT2D eigenvalue weighted by molar-refractivity contribution is 0.0835. The van der Waals surface area contributed by atoms with E-state index in [1.54, 1.807) is 6.20 Å². The number of nitrogens with one attached hydrogen (secondary N) is 2. The Kier molecular flexibility index (Phi) is 4.84. The molecule has 1 fully saturated rings. The lowest BCUT2D eigenvalue weighted by atomic mass is 10.2. The summed E-state index contributed by atoms with van der Waals surface area (Å²) in [7, 11) is 0. The number of carbonyl (C=O) groups is 1. The van der Waals surface area contributed by atoms with E-state index in [1.165, 1.54) is 0 Å². The molecule has 1 aromatic carbocycles. The number of rotatable bonds is 5. The fraction of sp³-hybridized carbons (Fsp3) is 0.333. The van der Waals surface area contributed by atoms with Crippen molar-refractivity contribution < 1.29 is 14.1 Å². The Hall–Kier alpha value is -3.20. The Labute approximate surface area is 155 Å². The molecule has 1 saturated heterocycles. The molecule has 9 nitrogen and oxygen atoms in total. The van der Waals surface area contributed by atoms with Crippen LogP contribution < -0.4 is 10.6 Å². The zero-order valence-electron chi connectivity index (χ0n) is 14.9. The van der Waals surface area contributed by atoms with Gasteiger partial charge in [-0.3, -0.25) is 0 Å². The van der Waals surface area contributed by atoms with Gasteiger partial charge in [0.25, 0.3) is 5.89 Å². The van der Waals surface area contributed by atoms with Gasteiger partial charge in [0, 0.05) is 30.4 Å². The topological polar surface area (TPSA) is 107 Å². The summed E-state index contributed by atoms with van der Waals surface area (Å²) in [6.07, 6.45) is 5.38. The van der Waals surface area contributed by atoms with E-state index in [2.05, 4.69) is 25.8 Å². The quantitative estimate of drug-likeness (QED) is 0.717. The van der Waals surface area contributed by atoms with Gasteiger partial charge in [-0.2, -0.15) is 4.98 Å². The van der Waals surface area contributed by atoms with E-state index in [1.807, 2.05) is 42.0 Å². The Balaban J connectivity index is 1.30. The van der Waals surface area contributed by atoms with E-state index >= 15 is 0 Å². The second kappa shape index (κ2) is 7.58. The van der Waals surface area contributed by atoms with Gasteiger partial charge in [-0.05, 0) is 44.0 Å². The third-order valence-electron chi connectivity index (χ3n) is 4.33. The lowest BCUT2D eigenvalue weighted by Gasteiger charge is -2.08. The second-order valence-corrected chi connectivity index (χ2v) is 6.25. The van der Waals surface area contributed by atoms with Crippen molar-refractivity contribution in [2.45, 2.75) is 32.4 Å². The highest BCUT2D eigenvalue weighted by molar-refractivity contribution is 5.89. The van der Waals surface area contributed by atoms with Crippen molar-refractivity contribution in [3.05, 3.63) is 54.2 Å². The molecule has 0 radical (unpaired) electrons. The standard InChI is InChI=1S/C18H20N6O3/c1-12-19-8-9-24(12)14-6-4-13(5-7-14)21-18(25)20-11-16-22-17(27-23-16)15-3-2-10-26-15/h4-9,15H,2-3,10-11H2,1H3,(H2,20,21,25)/t15-/m0/s1. The van der Waals surface area contributed by atoms with Crippen LogP contribution in [0.5, 0.6) is 0 Å². The Morgan fingerprint density at radius 3 is 2.89 bits per heavy atom. The molecular weight excluding hydrogens is 348 g/mol. The van der Waals surface area contributed by atoms with Crippen molar-refractivity contribution in [1.29, 1.82) is 0 Å². The van der Waals surface area contributed by atoms with Crippen LogP contribution in [0, 0.1) is 6.92 Å². The van der Waals surface area contributed by atoms with Crippen LogP contribution in [-0.2, 0) is 11.3 Å². The zero-order valence-corrected chi connectivity index (χ0v) is 14.9. The third kappa shape index (κ3) is 3.98. The molecule has 2 amide bonds. The molecule has 4 rings (SSSR count). The van der Waals surface area contributed by atoms with Crippen molar-refractivity contribution in [2.75, 3.05) is 11.9 Å². The zero-order chi connectivity index (χ0) is 18.6. The third-order valence-corrected chi connectivity index (χ3v) is 4.33. The van der Waals surface area contributed by atoms with Crippen LogP contribution in [0.3, 0.4) is 0 Å². The molecule has 0 saturated carbocycles. The number of hydrogen-bond donors (Lipinski definition) is 2. The monoisotopic (exact) mass is 368 g/mol. The molecule has 3 heterocycles. The molecule has 140 valence electrons. The number of benzene rings is 1. The maximum atomic E-state index is 12.1. The summed E-state index contributed by atoms with van der Waals surface area (Å²) >= 11 is 0. The van der Waals surface area contributed by atoms with Crippen LogP contribution in [0.4, 0.5) is 10.5 Å². The molecule has 0 aliphatic carbocycles. The minimum Gasteiger partial charge on any atom is -0.368 e. The second-order valence-electron chi connectivity index (χ2n) is 6.25. The smallest absolute Gasteiger partial charge is 0.319 e. The first-order chi connectivity index (χ1) is 13.2. The molecule has 0 spiro atoms. The molecule has 27 heavy (non-hydrogen) atoms. The number of ether oxygens (including phenoxy) is 1. The Bertz CT molecular complexity index is 911. The highest BCUT2D eigenvalue weighted by Gasteiger charge is 2.23. The highest BCUT2D eigenvalue weighted by atomic mass is 16.5. The first kappa shape index (κ1) is 17.2. The number of anilines is 1. The van der Waals surface area contributed by atoms with Gasteiger partial charge in [-0.15, -0.1) is 0 Å². The molecule has 2 N–H and O–H groups in total. The summed E-state index contributed by atoms with van der Waals surface area (Å²) in [5.41, 5.74) is 1.66. The summed E-state index contributed by atoms with van der Waals surface area (Å²) < 4.78 is 12.7. The van der Waals surface area contributed by atoms with Crippen LogP contribution in [0.1, 0.15) is 36.5 Å². The van der Waals surface area contributed by atoms with Gasteiger partial charge < -0.3 is 24.5 Å². The van der Waals surface area contributed by atoms with Crippen molar-refractivity contribution in [3.8, 4) is 5.69 Å². The first-order valence-electron chi connectivity index (χ1n) is 8.78. The van der Waals surface area contributed by atoms with Crippen LogP contribution in [-0.4, -0.2) is 32.3 Å². The van der Waals surface area contributed by atoms with Crippen LogP contribution >= 0.6 is 0 Å². The number of aryl methyl sites for hydroxylation is 1. The normalized spacial score (nSPS) is 16.4. The summed E-state index contributed by atoms with van der Waals surface area (Å²) in [5, 5.41) is 9.36. The maximum Gasteiger partial charge on any atom is 0.319 e. The van der Waals surface area contributed by atoms with Gasteiger partial charge in [0.1, 0.15) is 11.9 Å². The van der Waals surface area contributed by atoms with Gasteiger partial charge in [0.2, 0.25) is 0 Å². The van der Waals surface area contributed by atoms with Crippen LogP contribution in [0.2, 0.25) is 0 Å². The number of hydrogen-bond acceptors (Lipinski definition) is 6. The number of amides is 2. The Morgan fingerprint density at radius 1 is 1.33 bits per heavy atom. The van der Waals surface area contributed by atoms with E-state index in [0.29, 0.717) is 24.0 Å². The number of aromatic nitrogens is 4. The van der Waals surface area contributed by atoms with Gasteiger partial charge >= 0.3 is 6.03 Å². The molecule has 3 aromatic rings. The van der Waals surface area contributed by atoms with Gasteiger partial charge in [0.05, 0.1) is 6.54 Å². The number of imidazole rings is 1. The molecule has 9 heteroatoms. The van der Waals surface area contributed by atoms with Gasteiger partial charge in [-0.1, -0.05) is 5.16 Å². The van der Waals surface area contributed by atoms with E-state index in [0.717, 1.165) is 24.4 Å². The molecule has 2 aromatic heterocycles. The largest absolute Gasteiger partial charge is 0.368 e. The fourth-order valence-corrected chi connectivity index (χ4v) is 2.93. The van der Waals surface area contributed by atoms with Gasteiger partial charge in [-0.25, -0.2) is 9.78 Å². The van der Waals surface area contributed by atoms with E-state index in [4.69, 9.17) is 9.26 Å². The first-order valence-corrected chi connectivity index (χ1v) is 8.78. The predicted molar refractivity (Wildman–Crippen MR) is 96.4 cm³/mol. The number of carbonyl (C=O) groups excluding carboxylic acids is 1. The lowest BCUT2D eigenvalue weighted by Crippen LogP contribution is -2.28. The summed E-state index contributed by atoms with van der Waals surface area (Å²) in [4.78, 5) is 20.5. The summed E-state index contributed by atoms with van der Waals surface area (Å²) in [6.45, 7) is 2.82. The van der Waals surface area contributed by atoms with E-state index in [9.17, 15) is 4.79 Å². The Morgan fingerprint density at radius 2 is 2.19 bits per heavy atom. The van der Waals surface area contributed by atoms with Crippen LogP contribution in [0.15, 0.2) is 41.2 Å². The van der Waals surface area contributed by atoms with E-state index in [-0.39, 0.29) is 18.7 Å². The van der Waals surface area contributed by atoms with Crippen molar-refractivity contribution in [1.82, 2.24) is 25.0 Å². The number of nitrogens with zero attached hydrogens (tertiary/aromatic N) is 4. The predicted octanol–water partition coefficient (Wildman–Crippen LogP) is 2.74. The minimum absolute atomic E-state index is 0.127. The highest BCUT2D eigenvalue weighted by Crippen LogP contribution is 2.26. The van der Waals surface area contributed by atoms with Crippen molar-refractivity contribution in [3.63, 3.8) is 0 Å². The molecule has 1 atom stereocenters.